The molecule has 0 aliphatic carbocycles. The minimum absolute atomic E-state index is 0.698. The van der Waals surface area contributed by atoms with Crippen molar-refractivity contribution < 1.29 is 9.47 Å². The molecule has 3 aromatic carbocycles. The molecule has 1 aromatic heterocycles. The average Bonchev–Trinajstić information content (AvgIpc) is 3.36. The van der Waals surface area contributed by atoms with E-state index in [4.69, 9.17) is 26.2 Å². The molecule has 1 aliphatic rings. The molecule has 4 aromatic rings. The Morgan fingerprint density at radius 3 is 2.14 bits per heavy atom. The van der Waals surface area contributed by atoms with Crippen LogP contribution in [0.5, 0.6) is 11.5 Å². The van der Waals surface area contributed by atoms with Gasteiger partial charge in [-0.15, -0.1) is 0 Å². The first-order valence-electron chi connectivity index (χ1n) is 12.2. The first-order chi connectivity index (χ1) is 17.2. The fourth-order valence-corrected chi connectivity index (χ4v) is 4.59. The predicted molar refractivity (Wildman–Crippen MR) is 142 cm³/mol. The molecule has 1 fully saturated rings. The van der Waals surface area contributed by atoms with Gasteiger partial charge in [0.1, 0.15) is 18.1 Å². The molecule has 6 heteroatoms. The molecule has 2 heterocycles. The van der Waals surface area contributed by atoms with Crippen LogP contribution in [0.25, 0.3) is 28.2 Å². The molecule has 0 amide bonds. The Morgan fingerprint density at radius 2 is 1.46 bits per heavy atom. The van der Waals surface area contributed by atoms with E-state index in [-0.39, 0.29) is 0 Å². The lowest BCUT2D eigenvalue weighted by molar-refractivity contribution is 0.183. The molecule has 0 saturated carbocycles. The van der Waals surface area contributed by atoms with Gasteiger partial charge in [0.05, 0.1) is 24.2 Å². The van der Waals surface area contributed by atoms with Crippen LogP contribution in [-0.4, -0.2) is 48.0 Å². The van der Waals surface area contributed by atoms with Crippen LogP contribution in [0.3, 0.4) is 0 Å². The molecule has 5 rings (SSSR count). The third-order valence-corrected chi connectivity index (χ3v) is 6.69. The van der Waals surface area contributed by atoms with E-state index in [1.807, 2.05) is 65.3 Å². The van der Waals surface area contributed by atoms with E-state index < -0.39 is 0 Å². The normalized spacial score (nSPS) is 14.1. The standard InChI is InChI=1S/C29H30ClN3O2/c1-34-26-13-5-22(6-14-26)28-21-29(33(31-28)25-11-9-24(30)10-12-25)23-7-15-27(16-8-23)35-20-19-32-17-3-2-4-18-32/h5-16,21H,2-4,17-20H2,1H3. The second-order valence-corrected chi connectivity index (χ2v) is 9.24. The summed E-state index contributed by atoms with van der Waals surface area (Å²) in [6.07, 6.45) is 3.95. The minimum atomic E-state index is 0.698. The van der Waals surface area contributed by atoms with Gasteiger partial charge < -0.3 is 9.47 Å². The number of ether oxygens (including phenoxy) is 2. The van der Waals surface area contributed by atoms with E-state index in [1.54, 1.807) is 7.11 Å². The SMILES string of the molecule is COc1ccc(-c2cc(-c3ccc(OCCN4CCCCC4)cc3)n(-c3ccc(Cl)cc3)n2)cc1. The summed E-state index contributed by atoms with van der Waals surface area (Å²) < 4.78 is 13.3. The predicted octanol–water partition coefficient (Wildman–Crippen LogP) is 6.73. The Balaban J connectivity index is 1.38. The molecule has 0 spiro atoms. The highest BCUT2D eigenvalue weighted by Gasteiger charge is 2.14. The first kappa shape index (κ1) is 23.5. The smallest absolute Gasteiger partial charge is 0.119 e. The van der Waals surface area contributed by atoms with E-state index in [9.17, 15) is 0 Å². The Kier molecular flexibility index (Phi) is 7.36. The highest BCUT2D eigenvalue weighted by Crippen LogP contribution is 2.31. The molecular weight excluding hydrogens is 458 g/mol. The molecule has 0 unspecified atom stereocenters. The Hall–Kier alpha value is -3.28. The fourth-order valence-electron chi connectivity index (χ4n) is 4.47. The summed E-state index contributed by atoms with van der Waals surface area (Å²) >= 11 is 6.14. The number of piperidine rings is 1. The van der Waals surface area contributed by atoms with Crippen molar-refractivity contribution in [3.8, 4) is 39.7 Å². The second-order valence-electron chi connectivity index (χ2n) is 8.81. The summed E-state index contributed by atoms with van der Waals surface area (Å²) in [5, 5.41) is 5.63. The van der Waals surface area contributed by atoms with Crippen LogP contribution in [0.4, 0.5) is 0 Å². The van der Waals surface area contributed by atoms with Gasteiger partial charge in [-0.25, -0.2) is 4.68 Å². The van der Waals surface area contributed by atoms with Crippen molar-refractivity contribution in [3.63, 3.8) is 0 Å². The third kappa shape index (κ3) is 5.69. The zero-order valence-corrected chi connectivity index (χ0v) is 20.7. The molecule has 35 heavy (non-hydrogen) atoms. The molecule has 0 N–H and O–H groups in total. The van der Waals surface area contributed by atoms with Crippen molar-refractivity contribution in [3.05, 3.63) is 83.9 Å². The van der Waals surface area contributed by atoms with Crippen molar-refractivity contribution >= 4 is 11.6 Å². The molecule has 1 saturated heterocycles. The summed E-state index contributed by atoms with van der Waals surface area (Å²) in [5.74, 6) is 1.71. The maximum Gasteiger partial charge on any atom is 0.119 e. The fraction of sp³-hybridized carbons (Fsp3) is 0.276. The lowest BCUT2D eigenvalue weighted by atomic mass is 10.1. The minimum Gasteiger partial charge on any atom is -0.497 e. The molecule has 0 radical (unpaired) electrons. The Bertz CT molecular complexity index is 1230. The summed E-state index contributed by atoms with van der Waals surface area (Å²) in [4.78, 5) is 2.49. The van der Waals surface area contributed by atoms with Crippen LogP contribution >= 0.6 is 11.6 Å². The maximum absolute atomic E-state index is 6.14. The van der Waals surface area contributed by atoms with Crippen molar-refractivity contribution in [2.24, 2.45) is 0 Å². The number of hydrogen-bond acceptors (Lipinski definition) is 4. The molecule has 1 aliphatic heterocycles. The van der Waals surface area contributed by atoms with Gasteiger partial charge in [0.25, 0.3) is 0 Å². The third-order valence-electron chi connectivity index (χ3n) is 6.44. The van der Waals surface area contributed by atoms with Crippen LogP contribution in [0.15, 0.2) is 78.9 Å². The van der Waals surface area contributed by atoms with Gasteiger partial charge in [0, 0.05) is 22.7 Å². The van der Waals surface area contributed by atoms with Gasteiger partial charge in [-0.2, -0.15) is 5.10 Å². The van der Waals surface area contributed by atoms with Gasteiger partial charge in [-0.1, -0.05) is 18.0 Å². The number of rotatable bonds is 8. The topological polar surface area (TPSA) is 39.5 Å². The van der Waals surface area contributed by atoms with Gasteiger partial charge in [-0.05, 0) is 105 Å². The van der Waals surface area contributed by atoms with Crippen LogP contribution in [0.2, 0.25) is 5.02 Å². The monoisotopic (exact) mass is 487 g/mol. The summed E-state index contributed by atoms with van der Waals surface area (Å²) in [6.45, 7) is 4.07. The van der Waals surface area contributed by atoms with Crippen molar-refractivity contribution in [1.29, 1.82) is 0 Å². The summed E-state index contributed by atoms with van der Waals surface area (Å²) in [6, 6.07) is 26.1. The Labute approximate surface area is 211 Å². The highest BCUT2D eigenvalue weighted by atomic mass is 35.5. The second kappa shape index (κ2) is 11.0. The van der Waals surface area contributed by atoms with E-state index >= 15 is 0 Å². The molecule has 0 bridgehead atoms. The van der Waals surface area contributed by atoms with Crippen molar-refractivity contribution in [1.82, 2.24) is 14.7 Å². The lowest BCUT2D eigenvalue weighted by Gasteiger charge is -2.26. The number of hydrogen-bond donors (Lipinski definition) is 0. The number of methoxy groups -OCH3 is 1. The van der Waals surface area contributed by atoms with Gasteiger partial charge in [0.2, 0.25) is 0 Å². The number of benzene rings is 3. The van der Waals surface area contributed by atoms with Gasteiger partial charge >= 0.3 is 0 Å². The quantitative estimate of drug-likeness (QED) is 0.276. The average molecular weight is 488 g/mol. The Morgan fingerprint density at radius 1 is 0.800 bits per heavy atom. The number of halogens is 1. The van der Waals surface area contributed by atoms with E-state index in [0.717, 1.165) is 46.2 Å². The number of likely N-dealkylation sites (tertiary alicyclic amines) is 1. The van der Waals surface area contributed by atoms with Crippen molar-refractivity contribution in [2.45, 2.75) is 19.3 Å². The largest absolute Gasteiger partial charge is 0.497 e. The van der Waals surface area contributed by atoms with E-state index in [2.05, 4.69) is 23.1 Å². The summed E-state index contributed by atoms with van der Waals surface area (Å²) in [5.41, 5.74) is 4.93. The summed E-state index contributed by atoms with van der Waals surface area (Å²) in [7, 11) is 1.67. The number of nitrogens with zero attached hydrogens (tertiary/aromatic N) is 3. The van der Waals surface area contributed by atoms with E-state index in [0.29, 0.717) is 11.6 Å². The first-order valence-corrected chi connectivity index (χ1v) is 12.5. The maximum atomic E-state index is 6.14. The molecule has 0 atom stereocenters. The highest BCUT2D eigenvalue weighted by molar-refractivity contribution is 6.30. The molecule has 5 nitrogen and oxygen atoms in total. The lowest BCUT2D eigenvalue weighted by Crippen LogP contribution is -2.33. The van der Waals surface area contributed by atoms with Crippen molar-refractivity contribution in [2.75, 3.05) is 33.4 Å². The van der Waals surface area contributed by atoms with Crippen LogP contribution in [0.1, 0.15) is 19.3 Å². The molecule has 180 valence electrons. The van der Waals surface area contributed by atoms with Gasteiger partial charge in [-0.3, -0.25) is 4.90 Å². The molecular formula is C29H30ClN3O2. The number of aromatic nitrogens is 2. The van der Waals surface area contributed by atoms with Crippen LogP contribution in [-0.2, 0) is 0 Å². The van der Waals surface area contributed by atoms with E-state index in [1.165, 1.54) is 32.4 Å². The van der Waals surface area contributed by atoms with Crippen LogP contribution < -0.4 is 9.47 Å². The van der Waals surface area contributed by atoms with Gasteiger partial charge in [0.15, 0.2) is 0 Å². The van der Waals surface area contributed by atoms with Crippen LogP contribution in [0, 0.1) is 0 Å². The zero-order valence-electron chi connectivity index (χ0n) is 20.0. The zero-order chi connectivity index (χ0) is 24.0.